The van der Waals surface area contributed by atoms with Crippen LogP contribution in [-0.2, 0) is 6.42 Å². The van der Waals surface area contributed by atoms with E-state index in [1.807, 2.05) is 30.3 Å². The van der Waals surface area contributed by atoms with Crippen LogP contribution < -0.4 is 10.1 Å². The molecule has 0 radical (unpaired) electrons. The number of aromatic nitrogens is 3. The quantitative estimate of drug-likeness (QED) is 0.686. The van der Waals surface area contributed by atoms with Gasteiger partial charge >= 0.3 is 12.4 Å². The maximum absolute atomic E-state index is 13.1. The molecule has 0 saturated carbocycles. The molecule has 1 saturated heterocycles. The average Bonchev–Trinajstić information content (AvgIpc) is 3.24. The van der Waals surface area contributed by atoms with Gasteiger partial charge in [-0.25, -0.2) is 4.79 Å². The van der Waals surface area contributed by atoms with Gasteiger partial charge in [-0.1, -0.05) is 35.5 Å². The van der Waals surface area contributed by atoms with Gasteiger partial charge in [0.1, 0.15) is 11.4 Å². The van der Waals surface area contributed by atoms with E-state index in [-0.39, 0.29) is 17.8 Å². The van der Waals surface area contributed by atoms with Crippen molar-refractivity contribution in [3.63, 3.8) is 0 Å². The van der Waals surface area contributed by atoms with Crippen LogP contribution >= 0.6 is 0 Å². The fourth-order valence-electron chi connectivity index (χ4n) is 3.53. The third-order valence-corrected chi connectivity index (χ3v) is 4.98. The highest BCUT2D eigenvalue weighted by molar-refractivity contribution is 5.77. The van der Waals surface area contributed by atoms with Gasteiger partial charge in [-0.3, -0.25) is 0 Å². The standard InChI is InChI=1S/C21H20F3N5O2/c22-21(23,24)31-18-8-6-16(7-9-18)19-14-29(27-26-19)20(30)28-11-10-25-13-17(28)12-15-4-2-1-3-5-15/h1-9,14,17,25H,10-13H2/t17-/m1/s1. The molecular weight excluding hydrogens is 411 g/mol. The van der Waals surface area contributed by atoms with Crippen LogP contribution in [0, 0.1) is 0 Å². The fraction of sp³-hybridized carbons (Fsp3) is 0.286. The predicted octanol–water partition coefficient (Wildman–Crippen LogP) is 3.33. The molecule has 4 rings (SSSR count). The lowest BCUT2D eigenvalue weighted by atomic mass is 10.0. The van der Waals surface area contributed by atoms with Gasteiger partial charge in [0.2, 0.25) is 0 Å². The van der Waals surface area contributed by atoms with Crippen molar-refractivity contribution < 1.29 is 22.7 Å². The lowest BCUT2D eigenvalue weighted by Gasteiger charge is -2.35. The molecule has 0 bridgehead atoms. The monoisotopic (exact) mass is 431 g/mol. The summed E-state index contributed by atoms with van der Waals surface area (Å²) in [6.45, 7) is 1.89. The number of nitrogens with zero attached hydrogens (tertiary/aromatic N) is 4. The van der Waals surface area contributed by atoms with E-state index in [2.05, 4.69) is 20.4 Å². The summed E-state index contributed by atoms with van der Waals surface area (Å²) < 4.78 is 42.0. The number of halogens is 3. The zero-order valence-electron chi connectivity index (χ0n) is 16.4. The molecule has 1 fully saturated rings. The van der Waals surface area contributed by atoms with Gasteiger partial charge in [0.15, 0.2) is 0 Å². The lowest BCUT2D eigenvalue weighted by molar-refractivity contribution is -0.274. The highest BCUT2D eigenvalue weighted by Crippen LogP contribution is 2.25. The van der Waals surface area contributed by atoms with Crippen molar-refractivity contribution in [2.24, 2.45) is 0 Å². The number of alkyl halides is 3. The van der Waals surface area contributed by atoms with Crippen LogP contribution in [0.25, 0.3) is 11.3 Å². The number of rotatable bonds is 4. The molecule has 10 heteroatoms. The largest absolute Gasteiger partial charge is 0.573 e. The summed E-state index contributed by atoms with van der Waals surface area (Å²) in [5.74, 6) is -0.329. The molecule has 2 heterocycles. The number of carbonyl (C=O) groups is 1. The highest BCUT2D eigenvalue weighted by Gasteiger charge is 2.31. The second-order valence-corrected chi connectivity index (χ2v) is 7.14. The number of carbonyl (C=O) groups excluding carboxylic acids is 1. The first-order chi connectivity index (χ1) is 14.9. The molecule has 1 N–H and O–H groups in total. The summed E-state index contributed by atoms with van der Waals surface area (Å²) in [7, 11) is 0. The van der Waals surface area contributed by atoms with Crippen LogP contribution in [0.4, 0.5) is 18.0 Å². The average molecular weight is 431 g/mol. The van der Waals surface area contributed by atoms with Gasteiger partial charge in [-0.05, 0) is 36.2 Å². The molecule has 7 nitrogen and oxygen atoms in total. The third-order valence-electron chi connectivity index (χ3n) is 4.98. The van der Waals surface area contributed by atoms with Crippen molar-refractivity contribution in [1.82, 2.24) is 25.2 Å². The van der Waals surface area contributed by atoms with E-state index in [1.54, 1.807) is 4.90 Å². The Balaban J connectivity index is 1.48. The Labute approximate surface area is 176 Å². The Morgan fingerprint density at radius 1 is 1.13 bits per heavy atom. The topological polar surface area (TPSA) is 72.3 Å². The molecule has 1 amide bonds. The van der Waals surface area contributed by atoms with Crippen molar-refractivity contribution in [2.45, 2.75) is 18.8 Å². The van der Waals surface area contributed by atoms with E-state index < -0.39 is 6.36 Å². The number of nitrogens with one attached hydrogen (secondary N) is 1. The van der Waals surface area contributed by atoms with Gasteiger partial charge in [0.25, 0.3) is 0 Å². The summed E-state index contributed by atoms with van der Waals surface area (Å²) >= 11 is 0. The van der Waals surface area contributed by atoms with Crippen LogP contribution in [0.2, 0.25) is 0 Å². The minimum Gasteiger partial charge on any atom is -0.406 e. The van der Waals surface area contributed by atoms with Crippen molar-refractivity contribution in [3.05, 3.63) is 66.4 Å². The number of hydrogen-bond acceptors (Lipinski definition) is 5. The predicted molar refractivity (Wildman–Crippen MR) is 106 cm³/mol. The van der Waals surface area contributed by atoms with Gasteiger partial charge in [0, 0.05) is 25.2 Å². The Hall–Kier alpha value is -3.40. The molecule has 1 aliphatic rings. The van der Waals surface area contributed by atoms with Crippen molar-refractivity contribution in [1.29, 1.82) is 0 Å². The van der Waals surface area contributed by atoms with Crippen molar-refractivity contribution in [2.75, 3.05) is 19.6 Å². The maximum atomic E-state index is 13.1. The van der Waals surface area contributed by atoms with E-state index in [1.165, 1.54) is 35.1 Å². The molecule has 3 aromatic rings. The number of ether oxygens (including phenoxy) is 1. The Bertz CT molecular complexity index is 1020. The zero-order chi connectivity index (χ0) is 21.8. The summed E-state index contributed by atoms with van der Waals surface area (Å²) in [4.78, 5) is 14.8. The molecule has 2 aromatic carbocycles. The number of benzene rings is 2. The Morgan fingerprint density at radius 2 is 1.87 bits per heavy atom. The molecule has 1 aromatic heterocycles. The summed E-state index contributed by atoms with van der Waals surface area (Å²) in [5.41, 5.74) is 2.03. The first kappa shape index (κ1) is 20.9. The molecule has 162 valence electrons. The summed E-state index contributed by atoms with van der Waals surface area (Å²) in [5, 5.41) is 11.2. The SMILES string of the molecule is O=C(N1CCNC[C@H]1Cc1ccccc1)n1cc(-c2ccc(OC(F)(F)F)cc2)nn1. The number of amides is 1. The van der Waals surface area contributed by atoms with Crippen LogP contribution in [0.3, 0.4) is 0 Å². The van der Waals surface area contributed by atoms with E-state index in [9.17, 15) is 18.0 Å². The molecule has 0 aliphatic carbocycles. The smallest absolute Gasteiger partial charge is 0.406 e. The van der Waals surface area contributed by atoms with Crippen LogP contribution in [0.1, 0.15) is 5.56 Å². The minimum atomic E-state index is -4.75. The van der Waals surface area contributed by atoms with E-state index >= 15 is 0 Å². The second kappa shape index (κ2) is 8.76. The first-order valence-corrected chi connectivity index (χ1v) is 9.73. The fourth-order valence-corrected chi connectivity index (χ4v) is 3.53. The van der Waals surface area contributed by atoms with E-state index in [0.717, 1.165) is 5.56 Å². The molecule has 1 aliphatic heterocycles. The van der Waals surface area contributed by atoms with Crippen LogP contribution in [0.15, 0.2) is 60.8 Å². The zero-order valence-corrected chi connectivity index (χ0v) is 16.4. The van der Waals surface area contributed by atoms with E-state index in [4.69, 9.17) is 0 Å². The Kier molecular flexibility index (Phi) is 5.90. The van der Waals surface area contributed by atoms with E-state index in [0.29, 0.717) is 37.3 Å². The number of hydrogen-bond donors (Lipinski definition) is 1. The summed E-state index contributed by atoms with van der Waals surface area (Å²) in [6.07, 6.45) is -2.57. The normalized spacial score (nSPS) is 16.9. The minimum absolute atomic E-state index is 0.0323. The van der Waals surface area contributed by atoms with Gasteiger partial charge < -0.3 is 15.0 Å². The molecular formula is C21H20F3N5O2. The first-order valence-electron chi connectivity index (χ1n) is 9.73. The van der Waals surface area contributed by atoms with Crippen molar-refractivity contribution in [3.8, 4) is 17.0 Å². The molecule has 0 spiro atoms. The van der Waals surface area contributed by atoms with Gasteiger partial charge in [-0.15, -0.1) is 18.3 Å². The van der Waals surface area contributed by atoms with Crippen LogP contribution in [0.5, 0.6) is 5.75 Å². The van der Waals surface area contributed by atoms with Crippen LogP contribution in [-0.4, -0.2) is 58.0 Å². The third kappa shape index (κ3) is 5.21. The van der Waals surface area contributed by atoms with Gasteiger partial charge in [-0.2, -0.15) is 4.68 Å². The van der Waals surface area contributed by atoms with Gasteiger partial charge in [0.05, 0.1) is 12.2 Å². The second-order valence-electron chi connectivity index (χ2n) is 7.14. The molecule has 1 atom stereocenters. The Morgan fingerprint density at radius 3 is 2.58 bits per heavy atom. The lowest BCUT2D eigenvalue weighted by Crippen LogP contribution is -2.55. The molecule has 31 heavy (non-hydrogen) atoms. The number of piperazine rings is 1. The summed E-state index contributed by atoms with van der Waals surface area (Å²) in [6, 6.07) is 14.8. The maximum Gasteiger partial charge on any atom is 0.573 e. The van der Waals surface area contributed by atoms with Crippen molar-refractivity contribution >= 4 is 6.03 Å². The molecule has 0 unspecified atom stereocenters. The highest BCUT2D eigenvalue weighted by atomic mass is 19.4.